The van der Waals surface area contributed by atoms with E-state index in [4.69, 9.17) is 14.2 Å². The predicted octanol–water partition coefficient (Wildman–Crippen LogP) is 5.36. The topological polar surface area (TPSA) is 90.8 Å². The molecule has 0 amide bonds. The van der Waals surface area contributed by atoms with Gasteiger partial charge in [-0.2, -0.15) is 13.2 Å². The Morgan fingerprint density at radius 2 is 1.78 bits per heavy atom. The van der Waals surface area contributed by atoms with Crippen molar-refractivity contribution in [2.24, 2.45) is 10.4 Å². The lowest BCUT2D eigenvalue weighted by Gasteiger charge is -2.19. The van der Waals surface area contributed by atoms with Gasteiger partial charge >= 0.3 is 6.18 Å². The molecule has 8 nitrogen and oxygen atoms in total. The highest BCUT2D eigenvalue weighted by atomic mass is 19.4. The van der Waals surface area contributed by atoms with Crippen LogP contribution >= 0.6 is 0 Å². The van der Waals surface area contributed by atoms with Crippen molar-refractivity contribution < 1.29 is 36.2 Å². The van der Waals surface area contributed by atoms with Gasteiger partial charge in [-0.1, -0.05) is 0 Å². The summed E-state index contributed by atoms with van der Waals surface area (Å²) in [5, 5.41) is 3.47. The summed E-state index contributed by atoms with van der Waals surface area (Å²) < 4.78 is 83.8. The van der Waals surface area contributed by atoms with Crippen LogP contribution in [-0.2, 0) is 17.5 Å². The molecular formula is C24H24F5N5O3. The van der Waals surface area contributed by atoms with E-state index in [9.17, 15) is 22.0 Å². The van der Waals surface area contributed by atoms with E-state index in [1.807, 2.05) is 0 Å². The number of rotatable bonds is 10. The lowest BCUT2D eigenvalue weighted by atomic mass is 10.1. The number of aryl methyl sites for hydroxylation is 1. The molecule has 0 aliphatic heterocycles. The Labute approximate surface area is 208 Å². The summed E-state index contributed by atoms with van der Waals surface area (Å²) in [6.07, 6.45) is -5.01. The molecule has 198 valence electrons. The third-order valence-electron chi connectivity index (χ3n) is 6.01. The molecule has 1 unspecified atom stereocenters. The molecule has 0 bridgehead atoms. The highest BCUT2D eigenvalue weighted by Crippen LogP contribution is 2.60. The minimum absolute atomic E-state index is 0.0505. The van der Waals surface area contributed by atoms with Crippen molar-refractivity contribution >= 4 is 29.3 Å². The summed E-state index contributed by atoms with van der Waals surface area (Å²) in [6, 6.07) is 5.39. The fourth-order valence-corrected chi connectivity index (χ4v) is 3.97. The SMILES string of the molecule is C=Nc1cc(CNc2nc(C)nc3cc(OC)c(OCC4(COC)CC4(F)F)cc23)cc(C(F)(F)F)n1. The Balaban J connectivity index is 1.65. The van der Waals surface area contributed by atoms with Gasteiger partial charge in [0.2, 0.25) is 0 Å². The third kappa shape index (κ3) is 5.41. The molecule has 1 atom stereocenters. The number of alkyl halides is 5. The van der Waals surface area contributed by atoms with Crippen LogP contribution in [0.3, 0.4) is 0 Å². The molecule has 3 aromatic rings. The maximum atomic E-state index is 14.0. The van der Waals surface area contributed by atoms with E-state index >= 15 is 0 Å². The van der Waals surface area contributed by atoms with Crippen LogP contribution < -0.4 is 14.8 Å². The van der Waals surface area contributed by atoms with E-state index in [2.05, 4.69) is 32.0 Å². The van der Waals surface area contributed by atoms with Crippen molar-refractivity contribution in [3.63, 3.8) is 0 Å². The zero-order valence-electron chi connectivity index (χ0n) is 20.2. The molecule has 37 heavy (non-hydrogen) atoms. The number of fused-ring (bicyclic) bond motifs is 1. The van der Waals surface area contributed by atoms with Gasteiger partial charge in [0.25, 0.3) is 5.92 Å². The first-order chi connectivity index (χ1) is 17.4. The number of anilines is 1. The number of pyridine rings is 1. The summed E-state index contributed by atoms with van der Waals surface area (Å²) in [5.41, 5.74) is -1.82. The zero-order chi connectivity index (χ0) is 27.0. The average Bonchev–Trinajstić information content (AvgIpc) is 3.39. The van der Waals surface area contributed by atoms with Gasteiger partial charge in [-0.3, -0.25) is 0 Å². The maximum Gasteiger partial charge on any atom is 0.433 e. The zero-order valence-corrected chi connectivity index (χ0v) is 20.2. The minimum atomic E-state index is -4.66. The molecule has 1 aliphatic rings. The summed E-state index contributed by atoms with van der Waals surface area (Å²) in [7, 11) is 2.75. The summed E-state index contributed by atoms with van der Waals surface area (Å²) >= 11 is 0. The van der Waals surface area contributed by atoms with Crippen LogP contribution in [0.25, 0.3) is 10.9 Å². The first kappa shape index (κ1) is 26.5. The molecule has 1 aromatic carbocycles. The van der Waals surface area contributed by atoms with Gasteiger partial charge in [-0.05, 0) is 37.4 Å². The normalized spacial score (nSPS) is 18.5. The van der Waals surface area contributed by atoms with Crippen LogP contribution in [0.1, 0.15) is 23.5 Å². The largest absolute Gasteiger partial charge is 0.493 e. The number of halogens is 5. The number of methoxy groups -OCH3 is 2. The van der Waals surface area contributed by atoms with Crippen LogP contribution in [0.4, 0.5) is 33.6 Å². The summed E-state index contributed by atoms with van der Waals surface area (Å²) in [6.45, 7) is 4.38. The first-order valence-corrected chi connectivity index (χ1v) is 11.1. The molecule has 2 heterocycles. The highest BCUT2D eigenvalue weighted by Gasteiger charge is 2.71. The number of hydrogen-bond acceptors (Lipinski definition) is 8. The van der Waals surface area contributed by atoms with Crippen LogP contribution in [0.15, 0.2) is 29.3 Å². The lowest BCUT2D eigenvalue weighted by molar-refractivity contribution is -0.141. The molecule has 13 heteroatoms. The Hall–Kier alpha value is -3.61. The van der Waals surface area contributed by atoms with E-state index in [0.717, 1.165) is 6.07 Å². The van der Waals surface area contributed by atoms with Crippen molar-refractivity contribution in [2.45, 2.75) is 32.0 Å². The number of nitrogens with zero attached hydrogens (tertiary/aromatic N) is 4. The quantitative estimate of drug-likeness (QED) is 0.282. The summed E-state index contributed by atoms with van der Waals surface area (Å²) in [5.74, 6) is -1.92. The summed E-state index contributed by atoms with van der Waals surface area (Å²) in [4.78, 5) is 15.7. The molecule has 4 rings (SSSR count). The Morgan fingerprint density at radius 3 is 2.38 bits per heavy atom. The first-order valence-electron chi connectivity index (χ1n) is 11.1. The Morgan fingerprint density at radius 1 is 1.05 bits per heavy atom. The number of aliphatic imine (C=N–C) groups is 1. The van der Waals surface area contributed by atoms with Crippen LogP contribution in [-0.4, -0.2) is 55.0 Å². The van der Waals surface area contributed by atoms with Crippen molar-refractivity contribution in [1.29, 1.82) is 0 Å². The smallest absolute Gasteiger partial charge is 0.433 e. The molecule has 1 fully saturated rings. The van der Waals surface area contributed by atoms with Crippen LogP contribution in [0, 0.1) is 12.3 Å². The number of benzene rings is 1. The van der Waals surface area contributed by atoms with Crippen molar-refractivity contribution in [3.8, 4) is 11.5 Å². The predicted molar refractivity (Wildman–Crippen MR) is 126 cm³/mol. The van der Waals surface area contributed by atoms with E-state index in [1.54, 1.807) is 19.1 Å². The molecule has 2 aromatic heterocycles. The number of aromatic nitrogens is 3. The van der Waals surface area contributed by atoms with Gasteiger partial charge < -0.3 is 19.5 Å². The second-order valence-electron chi connectivity index (χ2n) is 8.75. The second-order valence-corrected chi connectivity index (χ2v) is 8.75. The Bertz CT molecular complexity index is 1330. The molecule has 0 spiro atoms. The molecule has 1 saturated carbocycles. The highest BCUT2D eigenvalue weighted by molar-refractivity contribution is 5.91. The monoisotopic (exact) mass is 525 g/mol. The average molecular weight is 525 g/mol. The third-order valence-corrected chi connectivity index (χ3v) is 6.01. The number of ether oxygens (including phenoxy) is 3. The standard InChI is InChI=1S/C24H24F5N5O3/c1-13-32-16-8-17(36-4)18(37-12-22(11-35-3)10-23(22,25)26)7-15(16)21(33-13)31-9-14-5-19(24(27,28)29)34-20(6-14)30-2/h5-8H,2,9-12H2,1,3-4H3,(H,31,32,33). The van der Waals surface area contributed by atoms with Gasteiger partial charge in [0, 0.05) is 31.5 Å². The van der Waals surface area contributed by atoms with Crippen molar-refractivity contribution in [3.05, 3.63) is 41.3 Å². The van der Waals surface area contributed by atoms with Crippen LogP contribution in [0.2, 0.25) is 0 Å². The molecular weight excluding hydrogens is 501 g/mol. The molecule has 0 radical (unpaired) electrons. The van der Waals surface area contributed by atoms with E-state index in [1.165, 1.54) is 20.3 Å². The van der Waals surface area contributed by atoms with Gasteiger partial charge in [-0.25, -0.2) is 28.7 Å². The van der Waals surface area contributed by atoms with Crippen molar-refractivity contribution in [2.75, 3.05) is 32.8 Å². The van der Waals surface area contributed by atoms with Gasteiger partial charge in [0.05, 0.1) is 24.6 Å². The van der Waals surface area contributed by atoms with Gasteiger partial charge in [0.1, 0.15) is 23.9 Å². The van der Waals surface area contributed by atoms with Gasteiger partial charge in [-0.15, -0.1) is 0 Å². The molecule has 0 saturated heterocycles. The molecule has 1 aliphatic carbocycles. The fourth-order valence-electron chi connectivity index (χ4n) is 3.97. The van der Waals surface area contributed by atoms with Crippen LogP contribution in [0.5, 0.6) is 11.5 Å². The van der Waals surface area contributed by atoms with E-state index in [-0.39, 0.29) is 49.1 Å². The second kappa shape index (κ2) is 9.69. The lowest BCUT2D eigenvalue weighted by Crippen LogP contribution is -2.25. The van der Waals surface area contributed by atoms with Gasteiger partial charge in [0.15, 0.2) is 17.3 Å². The number of nitrogens with one attached hydrogen (secondary N) is 1. The minimum Gasteiger partial charge on any atom is -0.493 e. The fraction of sp³-hybridized carbons (Fsp3) is 0.417. The molecule has 1 N–H and O–H groups in total. The Kier molecular flexibility index (Phi) is 6.93. The van der Waals surface area contributed by atoms with Crippen molar-refractivity contribution in [1.82, 2.24) is 15.0 Å². The van der Waals surface area contributed by atoms with E-state index < -0.39 is 23.2 Å². The van der Waals surface area contributed by atoms with E-state index in [0.29, 0.717) is 22.5 Å². The maximum absolute atomic E-state index is 14.0. The number of hydrogen-bond donors (Lipinski definition) is 1.